The van der Waals surface area contributed by atoms with Crippen LogP contribution in [0.5, 0.6) is 0 Å². The molecule has 0 aromatic heterocycles. The third kappa shape index (κ3) is 101. The second kappa shape index (κ2) is 35.8. The summed E-state index contributed by atoms with van der Waals surface area (Å²) in [7, 11) is 0. The molecule has 0 fully saturated rings. The number of Topliss-reactive ketones (excluding diaryl/α,β-unsaturated/α-hetero) is 1. The van der Waals surface area contributed by atoms with Gasteiger partial charge in [-0.3, -0.25) is 45.3 Å². The van der Waals surface area contributed by atoms with Gasteiger partial charge in [0, 0.05) is 39.0 Å². The maximum atomic E-state index is 10.0. The lowest BCUT2D eigenvalue weighted by Gasteiger charge is -1.95. The van der Waals surface area contributed by atoms with Gasteiger partial charge in [0.2, 0.25) is 26.2 Å². The highest BCUT2D eigenvalue weighted by atomic mass is 16.6. The van der Waals surface area contributed by atoms with Gasteiger partial charge < -0.3 is 10.8 Å². The van der Waals surface area contributed by atoms with Crippen LogP contribution in [0.2, 0.25) is 0 Å². The molecule has 3 N–H and O–H groups in total. The van der Waals surface area contributed by atoms with E-state index in [1.165, 1.54) is 13.8 Å². The van der Waals surface area contributed by atoms with Crippen molar-refractivity contribution >= 4 is 5.78 Å². The second-order valence-electron chi connectivity index (χ2n) is 7.29. The Bertz CT molecular complexity index is 494. The number of carbonyl (C=O) groups excluding carboxylic acids is 1. The van der Waals surface area contributed by atoms with E-state index in [0.717, 1.165) is 13.0 Å². The first-order chi connectivity index (χ1) is 15.6. The first-order valence-electron chi connectivity index (χ1n) is 10.9. The monoisotopic (exact) mass is 517 g/mol. The fourth-order valence-corrected chi connectivity index (χ4v) is 1.09. The summed E-state index contributed by atoms with van der Waals surface area (Å²) < 4.78 is 0. The molecule has 0 saturated heterocycles. The van der Waals surface area contributed by atoms with Crippen molar-refractivity contribution in [1.82, 2.24) is 0 Å². The summed E-state index contributed by atoms with van der Waals surface area (Å²) in [5.41, 5.74) is 5.03. The lowest BCUT2D eigenvalue weighted by atomic mass is 10.1. The highest BCUT2D eigenvalue weighted by Crippen LogP contribution is 1.97. The van der Waals surface area contributed by atoms with Crippen LogP contribution in [-0.4, -0.2) is 69.4 Å². The number of hydrogen-bond donors (Lipinski definition) is 2. The highest BCUT2D eigenvalue weighted by molar-refractivity contribution is 5.75. The lowest BCUT2D eigenvalue weighted by molar-refractivity contribution is -0.481. The van der Waals surface area contributed by atoms with Crippen molar-refractivity contribution in [2.75, 3.05) is 32.7 Å². The number of aliphatic hydroxyl groups excluding tert-OH is 1. The number of nitrogens with zero attached hydrogens (tertiary/aromatic N) is 4. The molecule has 0 aliphatic rings. The topological polar surface area (TPSA) is 236 Å². The van der Waals surface area contributed by atoms with Crippen molar-refractivity contribution in [3.05, 3.63) is 40.5 Å². The molecule has 15 heteroatoms. The quantitative estimate of drug-likeness (QED) is 0.281. The molecule has 0 aliphatic heterocycles. The molecule has 1 unspecified atom stereocenters. The van der Waals surface area contributed by atoms with E-state index in [9.17, 15) is 45.3 Å². The Morgan fingerprint density at radius 2 is 1.11 bits per heavy atom. The van der Waals surface area contributed by atoms with Gasteiger partial charge in [0.15, 0.2) is 0 Å². The van der Waals surface area contributed by atoms with Gasteiger partial charge in [-0.15, -0.1) is 0 Å². The largest absolute Gasteiger partial charge is 0.393 e. The van der Waals surface area contributed by atoms with E-state index in [1.54, 1.807) is 6.92 Å². The average molecular weight is 518 g/mol. The molecule has 0 rings (SSSR count). The normalized spacial score (nSPS) is 9.51. The van der Waals surface area contributed by atoms with E-state index in [4.69, 9.17) is 10.8 Å². The number of ketones is 1. The van der Waals surface area contributed by atoms with Crippen LogP contribution in [0.3, 0.4) is 0 Å². The summed E-state index contributed by atoms with van der Waals surface area (Å²) in [6, 6.07) is 0. The second-order valence-corrected chi connectivity index (χ2v) is 7.29. The van der Waals surface area contributed by atoms with E-state index in [1.807, 2.05) is 13.8 Å². The number of nitrogens with two attached hydrogens (primary N) is 1. The zero-order chi connectivity index (χ0) is 28.1. The molecule has 0 radical (unpaired) electrons. The minimum Gasteiger partial charge on any atom is -0.393 e. The standard InChI is InChI=1S/C5H11NO2.C4H9NO3.C4H7NO3.C3H7NO2.C3H9N.CH4/c1-5(2)3-4-6(7)8;2*1-4(6)2-3-5(7)8;1-2-3-4(5)6;1-2-3-4;/h5H,3-4H2,1-2H3;4,6H,2-3H2,1H3;2-3H2,1H3;2-3H2,1H3;2-4H2,1H3;1H4. The summed E-state index contributed by atoms with van der Waals surface area (Å²) in [6.07, 6.45) is 2.15. The van der Waals surface area contributed by atoms with Crippen LogP contribution >= 0.6 is 0 Å². The maximum absolute atomic E-state index is 10.0. The van der Waals surface area contributed by atoms with Gasteiger partial charge in [0.25, 0.3) is 0 Å². The fourth-order valence-electron chi connectivity index (χ4n) is 1.09. The SMILES string of the molecule is C.CC(=O)CC[N+](=O)[O-].CC(C)CC[N+](=O)[O-].CC(O)CC[N+](=O)[O-].CCCN.CCC[N+](=O)[O-]. The Balaban J connectivity index is -0.0000000759. The number of hydrogen-bond acceptors (Lipinski definition) is 11. The Kier molecular flexibility index (Phi) is 46.7. The van der Waals surface area contributed by atoms with Gasteiger partial charge in [-0.2, -0.15) is 0 Å². The van der Waals surface area contributed by atoms with E-state index in [0.29, 0.717) is 18.8 Å². The van der Waals surface area contributed by atoms with Crippen LogP contribution in [0.15, 0.2) is 0 Å². The van der Waals surface area contributed by atoms with Gasteiger partial charge in [-0.1, -0.05) is 35.1 Å². The van der Waals surface area contributed by atoms with Gasteiger partial charge in [0.05, 0.1) is 12.5 Å². The smallest absolute Gasteiger partial charge is 0.210 e. The molecule has 35 heavy (non-hydrogen) atoms. The number of rotatable bonds is 12. The van der Waals surface area contributed by atoms with Crippen LogP contribution in [0.1, 0.15) is 81.1 Å². The molecular formula is C20H47N5O10. The number of carbonyl (C=O) groups is 1. The minimum absolute atomic E-state index is 0. The Hall–Kier alpha value is -2.81. The predicted octanol–water partition coefficient (Wildman–Crippen LogP) is 3.25. The number of nitro groups is 4. The van der Waals surface area contributed by atoms with Gasteiger partial charge in [-0.05, 0) is 32.7 Å². The minimum atomic E-state index is -0.555. The Morgan fingerprint density at radius 3 is 1.20 bits per heavy atom. The van der Waals surface area contributed by atoms with Crippen LogP contribution in [-0.2, 0) is 4.79 Å². The van der Waals surface area contributed by atoms with Crippen molar-refractivity contribution in [2.24, 2.45) is 11.7 Å². The van der Waals surface area contributed by atoms with Crippen LogP contribution in [0.4, 0.5) is 0 Å². The molecule has 0 amide bonds. The first-order valence-corrected chi connectivity index (χ1v) is 10.9. The van der Waals surface area contributed by atoms with Crippen molar-refractivity contribution in [3.8, 4) is 0 Å². The summed E-state index contributed by atoms with van der Waals surface area (Å²) in [5.74, 6) is 0.308. The molecule has 0 aromatic rings. The zero-order valence-corrected chi connectivity index (χ0v) is 21.2. The van der Waals surface area contributed by atoms with E-state index < -0.39 is 16.0 Å². The van der Waals surface area contributed by atoms with E-state index in [2.05, 4.69) is 6.92 Å². The molecule has 0 aromatic carbocycles. The van der Waals surface area contributed by atoms with Gasteiger partial charge >= 0.3 is 0 Å². The third-order valence-electron chi connectivity index (χ3n) is 2.96. The average Bonchev–Trinajstić information content (AvgIpc) is 2.70. The first kappa shape index (κ1) is 45.7. The van der Waals surface area contributed by atoms with Crippen molar-refractivity contribution < 1.29 is 29.6 Å². The third-order valence-corrected chi connectivity index (χ3v) is 2.96. The molecule has 212 valence electrons. The Labute approximate surface area is 208 Å². The van der Waals surface area contributed by atoms with Gasteiger partial charge in [-0.25, -0.2) is 0 Å². The van der Waals surface area contributed by atoms with Crippen LogP contribution in [0, 0.1) is 46.4 Å². The molecular weight excluding hydrogens is 470 g/mol. The molecule has 0 saturated carbocycles. The lowest BCUT2D eigenvalue weighted by Crippen LogP contribution is -2.08. The molecule has 0 aliphatic carbocycles. The highest BCUT2D eigenvalue weighted by Gasteiger charge is 2.00. The van der Waals surface area contributed by atoms with E-state index in [-0.39, 0.29) is 62.1 Å². The Morgan fingerprint density at radius 1 is 0.771 bits per heavy atom. The molecule has 1 atom stereocenters. The number of aliphatic hydroxyl groups is 1. The van der Waals surface area contributed by atoms with Crippen molar-refractivity contribution in [1.29, 1.82) is 0 Å². The summed E-state index contributed by atoms with van der Waals surface area (Å²) in [6.45, 7) is 11.3. The van der Waals surface area contributed by atoms with E-state index >= 15 is 0 Å². The molecule has 0 heterocycles. The van der Waals surface area contributed by atoms with Crippen LogP contribution in [0.25, 0.3) is 0 Å². The summed E-state index contributed by atoms with van der Waals surface area (Å²) >= 11 is 0. The van der Waals surface area contributed by atoms with Crippen molar-refractivity contribution in [3.63, 3.8) is 0 Å². The summed E-state index contributed by atoms with van der Waals surface area (Å²) in [4.78, 5) is 46.8. The van der Waals surface area contributed by atoms with Crippen molar-refractivity contribution in [2.45, 2.75) is 87.2 Å². The molecule has 15 nitrogen and oxygen atoms in total. The fraction of sp³-hybridized carbons (Fsp3) is 0.950. The van der Waals surface area contributed by atoms with Gasteiger partial charge in [0.1, 0.15) is 5.78 Å². The molecule has 0 bridgehead atoms. The zero-order valence-electron chi connectivity index (χ0n) is 21.2. The summed E-state index contributed by atoms with van der Waals surface area (Å²) in [5, 5.41) is 46.8. The predicted molar refractivity (Wildman–Crippen MR) is 135 cm³/mol. The van der Waals surface area contributed by atoms with Crippen LogP contribution < -0.4 is 5.73 Å². The maximum Gasteiger partial charge on any atom is 0.210 e. The molecule has 0 spiro atoms.